The molecule has 0 aliphatic rings. The molecule has 0 rings (SSSR count). The number of hydrogen-bond acceptors (Lipinski definition) is 2. The second-order valence-corrected chi connectivity index (χ2v) is 3.76. The largest absolute Gasteiger partial charge is 1.00 e. The molecule has 0 aliphatic heterocycles. The Labute approximate surface area is 60.9 Å². The molecule has 34 valence electrons. The molecule has 0 spiro atoms. The van der Waals surface area contributed by atoms with Gasteiger partial charge in [-0.1, -0.05) is 0 Å². The van der Waals surface area contributed by atoms with Gasteiger partial charge in [0.15, 0.2) is 0 Å². The van der Waals surface area contributed by atoms with Crippen molar-refractivity contribution in [1.82, 2.24) is 0 Å². The van der Waals surface area contributed by atoms with Gasteiger partial charge in [-0.15, -0.1) is 0 Å². The summed E-state index contributed by atoms with van der Waals surface area (Å²) in [5.41, 5.74) is 0. The summed E-state index contributed by atoms with van der Waals surface area (Å²) in [6.07, 6.45) is 2.38. The van der Waals surface area contributed by atoms with Crippen molar-refractivity contribution in [2.45, 2.75) is 0 Å². The second kappa shape index (κ2) is 3.16. The first-order chi connectivity index (χ1) is 2.00. The molecule has 0 aromatic heterocycles. The van der Waals surface area contributed by atoms with Crippen LogP contribution in [0.2, 0.25) is 0 Å². The minimum Gasteiger partial charge on any atom is -0.771 e. The predicted octanol–water partition coefficient (Wildman–Crippen LogP) is -3.60. The van der Waals surface area contributed by atoms with Crippen molar-refractivity contribution < 1.29 is 38.3 Å². The Bertz CT molecular complexity index is 57.7. The van der Waals surface area contributed by atoms with Gasteiger partial charge in [0.1, 0.15) is 0 Å². The monoisotopic (exact) mass is 118 g/mol. The summed E-state index contributed by atoms with van der Waals surface area (Å²) < 4.78 is 19.3. The van der Waals surface area contributed by atoms with E-state index in [1.165, 1.54) is 12.5 Å². The number of thiol groups is 1. The van der Waals surface area contributed by atoms with Gasteiger partial charge in [-0.25, -0.2) is 4.21 Å². The first-order valence-electron chi connectivity index (χ1n) is 1.26. The third-order valence-corrected chi connectivity index (χ3v) is 0. The zero-order valence-corrected chi connectivity index (χ0v) is 7.16. The predicted molar refractivity (Wildman–Crippen MR) is 22.2 cm³/mol. The maximum atomic E-state index is 9.66. The summed E-state index contributed by atoms with van der Waals surface area (Å²) in [4.78, 5) is 0. The average molecular weight is 118 g/mol. The van der Waals surface area contributed by atoms with E-state index in [0.29, 0.717) is 0 Å². The molecule has 0 saturated heterocycles. The molecule has 0 heterocycles. The van der Waals surface area contributed by atoms with Crippen LogP contribution in [-0.2, 0) is 10.2 Å². The molecule has 0 amide bonds. The van der Waals surface area contributed by atoms with Crippen molar-refractivity contribution in [3.63, 3.8) is 0 Å². The Morgan fingerprint density at radius 3 is 1.50 bits per heavy atom. The van der Waals surface area contributed by atoms with Gasteiger partial charge in [0.2, 0.25) is 0 Å². The van der Waals surface area contributed by atoms with Crippen molar-refractivity contribution in [1.29, 1.82) is 0 Å². The van der Waals surface area contributed by atoms with E-state index in [1.807, 2.05) is 0 Å². The summed E-state index contributed by atoms with van der Waals surface area (Å²) in [5.74, 6) is 0. The van der Waals surface area contributed by atoms with E-state index in [1.54, 1.807) is 0 Å². The summed E-state index contributed by atoms with van der Waals surface area (Å²) in [5, 5.41) is 0. The molecule has 0 bridgehead atoms. The Morgan fingerprint density at radius 1 is 1.50 bits per heavy atom. The van der Waals surface area contributed by atoms with Crippen LogP contribution in [-0.4, -0.2) is 21.3 Å². The zero-order valence-electron chi connectivity index (χ0n) is 4.26. The molecular formula is C2H7NaO2S. The molecular weight excluding hydrogens is 111 g/mol. The SMILES string of the molecule is C[SH](C)(=O)[O-].[Na+]. The summed E-state index contributed by atoms with van der Waals surface area (Å²) in [7, 11) is -2.89. The number of sulfone groups is 1. The van der Waals surface area contributed by atoms with Gasteiger partial charge < -0.3 is 14.8 Å². The maximum Gasteiger partial charge on any atom is 1.00 e. The molecule has 0 aromatic rings. The Hall–Kier alpha value is 1.11. The number of hydrogen-bond donors (Lipinski definition) is 1. The quantitative estimate of drug-likeness (QED) is 0.264. The van der Waals surface area contributed by atoms with Crippen LogP contribution in [0.3, 0.4) is 0 Å². The average Bonchev–Trinajstić information content (AvgIpc) is 0.722. The molecule has 2 nitrogen and oxygen atoms in total. The Balaban J connectivity index is 0. The van der Waals surface area contributed by atoms with E-state index < -0.39 is 10.2 Å². The van der Waals surface area contributed by atoms with Crippen molar-refractivity contribution >= 4 is 10.2 Å². The van der Waals surface area contributed by atoms with Crippen LogP contribution in [0.1, 0.15) is 0 Å². The minimum atomic E-state index is -2.89. The third-order valence-electron chi connectivity index (χ3n) is 0. The van der Waals surface area contributed by atoms with Gasteiger partial charge in [0.25, 0.3) is 0 Å². The Kier molecular flexibility index (Phi) is 5.35. The van der Waals surface area contributed by atoms with Crippen molar-refractivity contribution in [2.75, 3.05) is 12.5 Å². The molecule has 0 fully saturated rings. The van der Waals surface area contributed by atoms with Crippen molar-refractivity contribution in [3.8, 4) is 0 Å². The van der Waals surface area contributed by atoms with Crippen LogP contribution in [0.5, 0.6) is 0 Å². The normalized spacial score (nSPS) is 12.5. The zero-order chi connectivity index (χ0) is 4.50. The van der Waals surface area contributed by atoms with Gasteiger partial charge in [0, 0.05) is 0 Å². The van der Waals surface area contributed by atoms with Gasteiger partial charge in [0.05, 0.1) is 0 Å². The molecule has 0 atom stereocenters. The van der Waals surface area contributed by atoms with E-state index in [0.717, 1.165) is 0 Å². The van der Waals surface area contributed by atoms with Gasteiger partial charge >= 0.3 is 29.6 Å². The van der Waals surface area contributed by atoms with Crippen LogP contribution in [0, 0.1) is 0 Å². The topological polar surface area (TPSA) is 40.1 Å². The molecule has 0 unspecified atom stereocenters. The second-order valence-electron chi connectivity index (χ2n) is 1.25. The molecule has 0 N–H and O–H groups in total. The van der Waals surface area contributed by atoms with Gasteiger partial charge in [-0.05, 0) is 12.5 Å². The molecule has 0 saturated carbocycles. The van der Waals surface area contributed by atoms with Gasteiger partial charge in [-0.2, -0.15) is 0 Å². The molecule has 6 heavy (non-hydrogen) atoms. The van der Waals surface area contributed by atoms with Crippen LogP contribution in [0.25, 0.3) is 0 Å². The summed E-state index contributed by atoms with van der Waals surface area (Å²) in [6.45, 7) is 0. The fraction of sp³-hybridized carbons (Fsp3) is 1.00. The fourth-order valence-corrected chi connectivity index (χ4v) is 0. The van der Waals surface area contributed by atoms with Crippen molar-refractivity contribution in [2.24, 2.45) is 0 Å². The molecule has 0 radical (unpaired) electrons. The minimum absolute atomic E-state index is 0. The van der Waals surface area contributed by atoms with E-state index in [-0.39, 0.29) is 29.6 Å². The van der Waals surface area contributed by atoms with E-state index in [4.69, 9.17) is 0 Å². The fourth-order valence-electron chi connectivity index (χ4n) is 0. The van der Waals surface area contributed by atoms with Crippen molar-refractivity contribution in [3.05, 3.63) is 0 Å². The number of rotatable bonds is 0. The summed E-state index contributed by atoms with van der Waals surface area (Å²) >= 11 is 0. The van der Waals surface area contributed by atoms with Crippen LogP contribution in [0.15, 0.2) is 0 Å². The summed E-state index contributed by atoms with van der Waals surface area (Å²) in [6, 6.07) is 0. The molecule has 4 heteroatoms. The molecule has 0 aromatic carbocycles. The molecule has 0 aliphatic carbocycles. The first kappa shape index (κ1) is 10.2. The first-order valence-corrected chi connectivity index (χ1v) is 3.78. The Morgan fingerprint density at radius 2 is 1.50 bits per heavy atom. The standard InChI is InChI=1S/C2H8O2S.Na/c1-5(2,3)4;/h5H,1-2H3,(H,3,4);/q;+1/p-1. The van der Waals surface area contributed by atoms with E-state index in [2.05, 4.69) is 0 Å². The van der Waals surface area contributed by atoms with Gasteiger partial charge in [-0.3, -0.25) is 0 Å². The third kappa shape index (κ3) is 70.1. The van der Waals surface area contributed by atoms with E-state index >= 15 is 0 Å². The van der Waals surface area contributed by atoms with Crippen LogP contribution in [0.4, 0.5) is 0 Å². The maximum absolute atomic E-state index is 9.66. The van der Waals surface area contributed by atoms with E-state index in [9.17, 15) is 8.76 Å². The smallest absolute Gasteiger partial charge is 0.771 e. The van der Waals surface area contributed by atoms with Crippen LogP contribution >= 0.6 is 0 Å². The van der Waals surface area contributed by atoms with Crippen LogP contribution < -0.4 is 29.6 Å².